The van der Waals surface area contributed by atoms with E-state index in [9.17, 15) is 13.6 Å². The first-order valence-corrected chi connectivity index (χ1v) is 6.79. The summed E-state index contributed by atoms with van der Waals surface area (Å²) < 4.78 is 33.0. The van der Waals surface area contributed by atoms with Gasteiger partial charge >= 0.3 is 5.97 Å². The van der Waals surface area contributed by atoms with E-state index < -0.39 is 23.2 Å². The van der Waals surface area contributed by atoms with Crippen LogP contribution in [0.4, 0.5) is 8.78 Å². The first-order valence-electron chi connectivity index (χ1n) is 6.79. The topological polar surface area (TPSA) is 38.3 Å². The second-order valence-corrected chi connectivity index (χ2v) is 5.89. The first-order chi connectivity index (χ1) is 8.49. The van der Waals surface area contributed by atoms with Gasteiger partial charge in [-0.15, -0.1) is 0 Å². The molecule has 2 bridgehead atoms. The Morgan fingerprint density at radius 1 is 1.33 bits per heavy atom. The van der Waals surface area contributed by atoms with Crippen molar-refractivity contribution in [3.05, 3.63) is 0 Å². The summed E-state index contributed by atoms with van der Waals surface area (Å²) in [5, 5.41) is 3.37. The molecule has 3 unspecified atom stereocenters. The molecule has 102 valence electrons. The van der Waals surface area contributed by atoms with Crippen molar-refractivity contribution in [3.63, 3.8) is 0 Å². The Bertz CT molecular complexity index is 360. The molecule has 3 aliphatic rings. The molecule has 0 aromatic carbocycles. The molecule has 3 nitrogen and oxygen atoms in total. The summed E-state index contributed by atoms with van der Waals surface area (Å²) in [6.07, 6.45) is 2.89. The van der Waals surface area contributed by atoms with Gasteiger partial charge in [0.2, 0.25) is 0 Å². The number of alkyl halides is 2. The van der Waals surface area contributed by atoms with Crippen LogP contribution in [0.25, 0.3) is 0 Å². The van der Waals surface area contributed by atoms with Crippen molar-refractivity contribution >= 4 is 5.97 Å². The predicted octanol–water partition coefficient (Wildman–Crippen LogP) is 2.11. The fourth-order valence-corrected chi connectivity index (χ4v) is 4.05. The van der Waals surface area contributed by atoms with Crippen LogP contribution in [0.1, 0.15) is 39.0 Å². The summed E-state index contributed by atoms with van der Waals surface area (Å²) >= 11 is 0. The van der Waals surface area contributed by atoms with Gasteiger partial charge in [0.05, 0.1) is 13.0 Å². The number of hydrogen-bond acceptors (Lipinski definition) is 3. The van der Waals surface area contributed by atoms with Gasteiger partial charge in [-0.25, -0.2) is 8.78 Å². The van der Waals surface area contributed by atoms with Crippen molar-refractivity contribution in [3.8, 4) is 0 Å². The second kappa shape index (κ2) is 3.89. The van der Waals surface area contributed by atoms with Gasteiger partial charge in [0.25, 0.3) is 5.92 Å². The quantitative estimate of drug-likeness (QED) is 0.789. The summed E-state index contributed by atoms with van der Waals surface area (Å²) in [5.74, 6) is -3.96. The van der Waals surface area contributed by atoms with Crippen molar-refractivity contribution in [1.82, 2.24) is 5.32 Å². The van der Waals surface area contributed by atoms with E-state index in [4.69, 9.17) is 4.74 Å². The molecule has 0 radical (unpaired) electrons. The molecule has 1 saturated carbocycles. The molecule has 18 heavy (non-hydrogen) atoms. The smallest absolute Gasteiger partial charge is 0.306 e. The molecule has 2 heterocycles. The van der Waals surface area contributed by atoms with Gasteiger partial charge in [0.1, 0.15) is 0 Å². The van der Waals surface area contributed by atoms with Crippen molar-refractivity contribution in [2.24, 2.45) is 11.3 Å². The Balaban J connectivity index is 1.71. The van der Waals surface area contributed by atoms with E-state index in [1.54, 1.807) is 6.92 Å². The lowest BCUT2D eigenvalue weighted by molar-refractivity contribution is -0.144. The third-order valence-corrected chi connectivity index (χ3v) is 4.92. The minimum Gasteiger partial charge on any atom is -0.466 e. The lowest BCUT2D eigenvalue weighted by atomic mass is 9.86. The lowest BCUT2D eigenvalue weighted by Gasteiger charge is -2.29. The molecule has 3 rings (SSSR count). The zero-order valence-corrected chi connectivity index (χ0v) is 10.5. The number of ether oxygens (including phenoxy) is 1. The van der Waals surface area contributed by atoms with E-state index in [2.05, 4.69) is 5.32 Å². The number of hydrogen-bond donors (Lipinski definition) is 1. The Labute approximate surface area is 105 Å². The molecule has 2 aliphatic heterocycles. The molecular weight excluding hydrogens is 240 g/mol. The summed E-state index contributed by atoms with van der Waals surface area (Å²) in [4.78, 5) is 11.4. The van der Waals surface area contributed by atoms with Crippen LogP contribution in [0, 0.1) is 11.3 Å². The number of fused-ring (bicyclic) bond motifs is 2. The van der Waals surface area contributed by atoms with Gasteiger partial charge in [0, 0.05) is 23.4 Å². The normalized spacial score (nSPS) is 44.1. The Kier molecular flexibility index (Phi) is 2.66. The Morgan fingerprint density at radius 3 is 2.50 bits per heavy atom. The van der Waals surface area contributed by atoms with E-state index in [0.29, 0.717) is 12.8 Å². The predicted molar refractivity (Wildman–Crippen MR) is 61.3 cm³/mol. The van der Waals surface area contributed by atoms with E-state index >= 15 is 0 Å². The van der Waals surface area contributed by atoms with E-state index in [1.807, 2.05) is 0 Å². The average molecular weight is 259 g/mol. The van der Waals surface area contributed by atoms with Gasteiger partial charge in [-0.05, 0) is 32.6 Å². The molecule has 3 fully saturated rings. The van der Waals surface area contributed by atoms with Crippen LogP contribution in [0.2, 0.25) is 0 Å². The molecule has 2 saturated heterocycles. The van der Waals surface area contributed by atoms with E-state index in [-0.39, 0.29) is 25.1 Å². The Morgan fingerprint density at radius 2 is 1.94 bits per heavy atom. The van der Waals surface area contributed by atoms with Crippen LogP contribution in [-0.4, -0.2) is 30.6 Å². The second-order valence-electron chi connectivity index (χ2n) is 5.89. The van der Waals surface area contributed by atoms with Crippen molar-refractivity contribution < 1.29 is 18.3 Å². The highest BCUT2D eigenvalue weighted by atomic mass is 19.3. The molecule has 5 heteroatoms. The lowest BCUT2D eigenvalue weighted by Crippen LogP contribution is -2.41. The number of carbonyl (C=O) groups excluding carboxylic acids is 1. The molecule has 0 aromatic rings. The van der Waals surface area contributed by atoms with Crippen LogP contribution in [0.3, 0.4) is 0 Å². The maximum atomic E-state index is 14.1. The molecule has 1 N–H and O–H groups in total. The van der Waals surface area contributed by atoms with Gasteiger partial charge in [-0.1, -0.05) is 0 Å². The SMILES string of the molecule is CCOC(=O)CC1C(F)(F)C12CC1CCC(C2)N1. The third-order valence-electron chi connectivity index (χ3n) is 4.92. The first kappa shape index (κ1) is 12.3. The number of halogens is 2. The summed E-state index contributed by atoms with van der Waals surface area (Å²) in [5.41, 5.74) is -0.920. The van der Waals surface area contributed by atoms with Crippen LogP contribution >= 0.6 is 0 Å². The monoisotopic (exact) mass is 259 g/mol. The maximum Gasteiger partial charge on any atom is 0.306 e. The highest BCUT2D eigenvalue weighted by Crippen LogP contribution is 2.73. The van der Waals surface area contributed by atoms with Crippen LogP contribution in [0.15, 0.2) is 0 Å². The summed E-state index contributed by atoms with van der Waals surface area (Å²) in [6.45, 7) is 1.96. The largest absolute Gasteiger partial charge is 0.466 e. The zero-order chi connectivity index (χ0) is 13.0. The van der Waals surface area contributed by atoms with Gasteiger partial charge in [0.15, 0.2) is 0 Å². The fourth-order valence-electron chi connectivity index (χ4n) is 4.05. The highest BCUT2D eigenvalue weighted by molar-refractivity contribution is 5.70. The van der Waals surface area contributed by atoms with Gasteiger partial charge in [-0.2, -0.15) is 0 Å². The number of rotatable bonds is 3. The molecule has 0 amide bonds. The molecule has 0 aromatic heterocycles. The molecule has 1 aliphatic carbocycles. The van der Waals surface area contributed by atoms with Crippen LogP contribution in [0.5, 0.6) is 0 Å². The fraction of sp³-hybridized carbons (Fsp3) is 0.923. The van der Waals surface area contributed by atoms with Gasteiger partial charge < -0.3 is 10.1 Å². The summed E-state index contributed by atoms with van der Waals surface area (Å²) in [6, 6.07) is 0.448. The minimum atomic E-state index is -2.68. The highest BCUT2D eigenvalue weighted by Gasteiger charge is 2.81. The molecule has 1 spiro atoms. The van der Waals surface area contributed by atoms with Crippen molar-refractivity contribution in [2.45, 2.75) is 57.0 Å². The number of nitrogens with one attached hydrogen (secondary N) is 1. The van der Waals surface area contributed by atoms with Crippen molar-refractivity contribution in [1.29, 1.82) is 0 Å². The van der Waals surface area contributed by atoms with Crippen LogP contribution in [-0.2, 0) is 9.53 Å². The summed E-state index contributed by atoms with van der Waals surface area (Å²) in [7, 11) is 0. The molecule has 3 atom stereocenters. The van der Waals surface area contributed by atoms with E-state index in [1.165, 1.54) is 0 Å². The number of esters is 1. The number of piperidine rings is 1. The van der Waals surface area contributed by atoms with Crippen molar-refractivity contribution in [2.75, 3.05) is 6.61 Å². The van der Waals surface area contributed by atoms with Crippen LogP contribution < -0.4 is 5.32 Å². The standard InChI is InChI=1S/C13H19F2NO2/c1-2-18-11(17)5-10-12(13(10,14)15)6-8-3-4-9(7-12)16-8/h8-10,16H,2-7H2,1H3. The van der Waals surface area contributed by atoms with Gasteiger partial charge in [-0.3, -0.25) is 4.79 Å². The minimum absolute atomic E-state index is 0.125. The number of carbonyl (C=O) groups is 1. The van der Waals surface area contributed by atoms with E-state index in [0.717, 1.165) is 12.8 Å². The Hall–Kier alpha value is -0.710. The average Bonchev–Trinajstić information content (AvgIpc) is 2.59. The molecular formula is C13H19F2NO2. The maximum absolute atomic E-state index is 14.1. The third kappa shape index (κ3) is 1.59. The zero-order valence-electron chi connectivity index (χ0n) is 10.5.